The first-order chi connectivity index (χ1) is 13.0. The van der Waals surface area contributed by atoms with E-state index >= 15 is 0 Å². The summed E-state index contributed by atoms with van der Waals surface area (Å²) in [7, 11) is 0. The number of amides is 1. The van der Waals surface area contributed by atoms with E-state index in [-0.39, 0.29) is 11.8 Å². The minimum Gasteiger partial charge on any atom is -0.389 e. The Balaban J connectivity index is 1.80. The summed E-state index contributed by atoms with van der Waals surface area (Å²) in [6, 6.07) is 16.1. The number of aromatic nitrogens is 2. The molecule has 138 valence electrons. The summed E-state index contributed by atoms with van der Waals surface area (Å²) in [4.78, 5) is 13.3. The number of nitrogens with zero attached hydrogens (tertiary/aromatic N) is 2. The fourth-order valence-corrected chi connectivity index (χ4v) is 4.46. The minimum absolute atomic E-state index is 0.0668. The fourth-order valence-electron chi connectivity index (χ4n) is 4.02. The maximum atomic E-state index is 13.3. The van der Waals surface area contributed by atoms with Gasteiger partial charge in [-0.1, -0.05) is 59.9 Å². The van der Waals surface area contributed by atoms with Crippen molar-refractivity contribution in [2.24, 2.45) is 5.41 Å². The summed E-state index contributed by atoms with van der Waals surface area (Å²) in [6.07, 6.45) is 0.0842. The molecule has 1 heterocycles. The van der Waals surface area contributed by atoms with Gasteiger partial charge in [0.25, 0.3) is 0 Å². The van der Waals surface area contributed by atoms with Gasteiger partial charge in [-0.2, -0.15) is 0 Å². The lowest BCUT2D eigenvalue weighted by Gasteiger charge is -2.31. The van der Waals surface area contributed by atoms with E-state index in [0.29, 0.717) is 11.6 Å². The van der Waals surface area contributed by atoms with Gasteiger partial charge in [0.1, 0.15) is 5.51 Å². The van der Waals surface area contributed by atoms with Crippen LogP contribution in [0.4, 0.5) is 5.13 Å². The number of fused-ring (bicyclic) bond motifs is 1. The highest BCUT2D eigenvalue weighted by molar-refractivity contribution is 7.13. The Morgan fingerprint density at radius 2 is 2.07 bits per heavy atom. The maximum absolute atomic E-state index is 13.3. The first-order valence-electron chi connectivity index (χ1n) is 8.92. The Kier molecular flexibility index (Phi) is 4.53. The molecule has 5 nitrogen and oxygen atoms in total. The Morgan fingerprint density at radius 3 is 2.74 bits per heavy atom. The minimum atomic E-state index is -0.660. The SMILES string of the molecule is C[C@H](O)c1ccc2c(c1)[C@@H](c1ccccc1)[C@@](C)(C(=O)Nc1nncs1)C2. The molecule has 3 atom stereocenters. The van der Waals surface area contributed by atoms with Crippen LogP contribution >= 0.6 is 11.3 Å². The van der Waals surface area contributed by atoms with Crippen LogP contribution in [0.1, 0.15) is 48.1 Å². The zero-order valence-corrected chi connectivity index (χ0v) is 16.0. The maximum Gasteiger partial charge on any atom is 0.233 e. The van der Waals surface area contributed by atoms with Crippen LogP contribution in [0.3, 0.4) is 0 Å². The molecule has 1 aliphatic rings. The van der Waals surface area contributed by atoms with Crippen molar-refractivity contribution in [3.8, 4) is 0 Å². The molecule has 0 fully saturated rings. The number of carbonyl (C=O) groups excluding carboxylic acids is 1. The van der Waals surface area contributed by atoms with Gasteiger partial charge in [0, 0.05) is 5.92 Å². The van der Waals surface area contributed by atoms with Crippen LogP contribution in [0, 0.1) is 5.41 Å². The molecule has 1 aliphatic carbocycles. The van der Waals surface area contributed by atoms with Crippen LogP contribution in [0.5, 0.6) is 0 Å². The zero-order valence-electron chi connectivity index (χ0n) is 15.2. The predicted octanol–water partition coefficient (Wildman–Crippen LogP) is 3.92. The molecule has 1 aromatic heterocycles. The van der Waals surface area contributed by atoms with Crippen molar-refractivity contribution in [1.82, 2.24) is 10.2 Å². The lowest BCUT2D eigenvalue weighted by molar-refractivity contribution is -0.125. The molecular formula is C21H21N3O2S. The molecule has 0 saturated heterocycles. The van der Waals surface area contributed by atoms with Crippen LogP contribution in [0.15, 0.2) is 54.0 Å². The van der Waals surface area contributed by atoms with E-state index < -0.39 is 11.5 Å². The summed E-state index contributed by atoms with van der Waals surface area (Å²) in [5, 5.41) is 21.2. The van der Waals surface area contributed by atoms with Gasteiger partial charge < -0.3 is 10.4 Å². The molecule has 1 amide bonds. The van der Waals surface area contributed by atoms with Crippen molar-refractivity contribution in [2.45, 2.75) is 32.3 Å². The number of rotatable bonds is 4. The standard InChI is InChI=1S/C21H21N3O2S/c1-13(25)15-8-9-16-11-21(2,19(26)23-20-24-22-12-27-20)18(17(16)10-15)14-6-4-3-5-7-14/h3-10,12-13,18,25H,11H2,1-2H3,(H,23,24,26)/t13-,18+,21-/m0/s1. The van der Waals surface area contributed by atoms with E-state index in [4.69, 9.17) is 0 Å². The van der Waals surface area contributed by atoms with Gasteiger partial charge >= 0.3 is 0 Å². The number of aliphatic hydroxyl groups excluding tert-OH is 1. The largest absolute Gasteiger partial charge is 0.389 e. The van der Waals surface area contributed by atoms with Crippen molar-refractivity contribution < 1.29 is 9.90 Å². The first kappa shape index (κ1) is 17.8. The second-order valence-corrected chi connectivity index (χ2v) is 8.10. The monoisotopic (exact) mass is 379 g/mol. The number of benzene rings is 2. The molecule has 0 spiro atoms. The first-order valence-corrected chi connectivity index (χ1v) is 9.80. The normalized spacial score (nSPS) is 22.3. The lowest BCUT2D eigenvalue weighted by Crippen LogP contribution is -2.37. The fraction of sp³-hybridized carbons (Fsp3) is 0.286. The molecule has 0 aliphatic heterocycles. The Labute approximate surface area is 162 Å². The van der Waals surface area contributed by atoms with Crippen LogP contribution in [0.25, 0.3) is 0 Å². The highest BCUT2D eigenvalue weighted by atomic mass is 32.1. The van der Waals surface area contributed by atoms with Gasteiger partial charge in [-0.05, 0) is 42.5 Å². The Bertz CT molecular complexity index is 957. The van der Waals surface area contributed by atoms with E-state index in [0.717, 1.165) is 22.3 Å². The molecular weight excluding hydrogens is 358 g/mol. The average Bonchev–Trinajstić information content (AvgIpc) is 3.27. The molecule has 6 heteroatoms. The van der Waals surface area contributed by atoms with Gasteiger partial charge in [-0.3, -0.25) is 4.79 Å². The van der Waals surface area contributed by atoms with Crippen molar-refractivity contribution in [1.29, 1.82) is 0 Å². The van der Waals surface area contributed by atoms with Crippen molar-refractivity contribution in [2.75, 3.05) is 5.32 Å². The van der Waals surface area contributed by atoms with E-state index in [1.165, 1.54) is 11.3 Å². The molecule has 27 heavy (non-hydrogen) atoms. The van der Waals surface area contributed by atoms with Crippen LogP contribution in [0.2, 0.25) is 0 Å². The van der Waals surface area contributed by atoms with Crippen LogP contribution in [-0.2, 0) is 11.2 Å². The number of anilines is 1. The number of hydrogen-bond donors (Lipinski definition) is 2. The molecule has 2 N–H and O–H groups in total. The topological polar surface area (TPSA) is 75.1 Å². The third kappa shape index (κ3) is 3.15. The number of hydrogen-bond acceptors (Lipinski definition) is 5. The highest BCUT2D eigenvalue weighted by Crippen LogP contribution is 2.51. The quantitative estimate of drug-likeness (QED) is 0.720. The van der Waals surface area contributed by atoms with Crippen molar-refractivity contribution in [3.63, 3.8) is 0 Å². The van der Waals surface area contributed by atoms with E-state index in [1.807, 2.05) is 43.3 Å². The molecule has 4 rings (SSSR count). The summed E-state index contributed by atoms with van der Waals surface area (Å²) >= 11 is 1.31. The van der Waals surface area contributed by atoms with Crippen molar-refractivity contribution in [3.05, 3.63) is 76.3 Å². The summed E-state index contributed by atoms with van der Waals surface area (Å²) in [5.41, 5.74) is 5.15. The number of aliphatic hydroxyl groups is 1. The number of nitrogens with one attached hydrogen (secondary N) is 1. The molecule has 0 bridgehead atoms. The molecule has 0 saturated carbocycles. The summed E-state index contributed by atoms with van der Waals surface area (Å²) in [6.45, 7) is 3.76. The third-order valence-electron chi connectivity index (χ3n) is 5.39. The average molecular weight is 379 g/mol. The summed E-state index contributed by atoms with van der Waals surface area (Å²) < 4.78 is 0. The zero-order chi connectivity index (χ0) is 19.0. The van der Waals surface area contributed by atoms with Gasteiger partial charge in [0.2, 0.25) is 11.0 Å². The van der Waals surface area contributed by atoms with Crippen LogP contribution in [-0.4, -0.2) is 21.2 Å². The second kappa shape index (κ2) is 6.87. The van der Waals surface area contributed by atoms with Crippen molar-refractivity contribution >= 4 is 22.4 Å². The molecule has 0 unspecified atom stereocenters. The molecule has 0 radical (unpaired) electrons. The highest BCUT2D eigenvalue weighted by Gasteiger charge is 2.49. The Hall–Kier alpha value is -2.57. The number of carbonyl (C=O) groups is 1. The second-order valence-electron chi connectivity index (χ2n) is 7.27. The van der Waals surface area contributed by atoms with E-state index in [1.54, 1.807) is 12.4 Å². The van der Waals surface area contributed by atoms with Gasteiger partial charge in [0.15, 0.2) is 0 Å². The predicted molar refractivity (Wildman–Crippen MR) is 106 cm³/mol. The molecule has 2 aromatic carbocycles. The van der Waals surface area contributed by atoms with Crippen LogP contribution < -0.4 is 5.32 Å². The lowest BCUT2D eigenvalue weighted by atomic mass is 9.73. The smallest absolute Gasteiger partial charge is 0.233 e. The Morgan fingerprint density at radius 1 is 1.30 bits per heavy atom. The summed E-state index contributed by atoms with van der Waals surface area (Å²) in [5.74, 6) is -0.164. The van der Waals surface area contributed by atoms with Gasteiger partial charge in [-0.25, -0.2) is 0 Å². The third-order valence-corrected chi connectivity index (χ3v) is 6.00. The van der Waals surface area contributed by atoms with Gasteiger partial charge in [-0.15, -0.1) is 10.2 Å². The molecule has 3 aromatic rings. The van der Waals surface area contributed by atoms with Gasteiger partial charge in [0.05, 0.1) is 11.5 Å². The van der Waals surface area contributed by atoms with E-state index in [9.17, 15) is 9.90 Å². The van der Waals surface area contributed by atoms with E-state index in [2.05, 4.69) is 27.6 Å².